The third kappa shape index (κ3) is 3.33. The van der Waals surface area contributed by atoms with Crippen molar-refractivity contribution in [2.45, 2.75) is 12.6 Å². The van der Waals surface area contributed by atoms with E-state index < -0.39 is 17.6 Å². The van der Waals surface area contributed by atoms with Crippen molar-refractivity contribution < 1.29 is 18.0 Å². The van der Waals surface area contributed by atoms with Crippen LogP contribution in [0.2, 0.25) is 0 Å². The molecule has 0 radical (unpaired) electrons. The highest BCUT2D eigenvalue weighted by Gasteiger charge is 2.33. The molecule has 23 heavy (non-hydrogen) atoms. The zero-order chi connectivity index (χ0) is 16.4. The van der Waals surface area contributed by atoms with Gasteiger partial charge in [0.25, 0.3) is 0 Å². The smallest absolute Gasteiger partial charge is 0.345 e. The van der Waals surface area contributed by atoms with Gasteiger partial charge in [-0.25, -0.2) is 4.98 Å². The molecule has 0 atom stereocenters. The molecular weight excluding hydrogens is 307 g/mol. The number of alkyl halides is 3. The Morgan fingerprint density at radius 2 is 1.96 bits per heavy atom. The normalized spacial score (nSPS) is 11.6. The summed E-state index contributed by atoms with van der Waals surface area (Å²) >= 11 is 0. The molecule has 3 rings (SSSR count). The van der Waals surface area contributed by atoms with Gasteiger partial charge in [-0.1, -0.05) is 18.2 Å². The first-order valence-corrected chi connectivity index (χ1v) is 6.81. The number of aromatic nitrogens is 2. The van der Waals surface area contributed by atoms with Crippen molar-refractivity contribution in [3.63, 3.8) is 0 Å². The fourth-order valence-electron chi connectivity index (χ4n) is 2.31. The predicted octanol–water partition coefficient (Wildman–Crippen LogP) is 3.76. The number of carbonyl (C=O) groups excluding carboxylic acids is 1. The van der Waals surface area contributed by atoms with Gasteiger partial charge < -0.3 is 10.3 Å². The molecule has 0 saturated heterocycles. The molecule has 2 aromatic carbocycles. The van der Waals surface area contributed by atoms with E-state index in [2.05, 4.69) is 15.3 Å². The number of nitrogens with zero attached hydrogens (tertiary/aromatic N) is 1. The molecule has 1 amide bonds. The Labute approximate surface area is 129 Å². The minimum Gasteiger partial charge on any atom is -0.345 e. The number of amides is 1. The minimum absolute atomic E-state index is 0.0266. The minimum atomic E-state index is -4.52. The lowest BCUT2D eigenvalue weighted by molar-refractivity contribution is -0.137. The molecule has 4 nitrogen and oxygen atoms in total. The van der Waals surface area contributed by atoms with Crippen LogP contribution in [0.4, 0.5) is 18.9 Å². The molecule has 118 valence electrons. The highest BCUT2D eigenvalue weighted by Crippen LogP contribution is 2.34. The molecule has 1 aromatic heterocycles. The van der Waals surface area contributed by atoms with Crippen LogP contribution in [0.15, 0.2) is 48.8 Å². The van der Waals surface area contributed by atoms with Crippen molar-refractivity contribution in [1.82, 2.24) is 9.97 Å². The van der Waals surface area contributed by atoms with Crippen LogP contribution in [0.1, 0.15) is 11.1 Å². The molecule has 0 aliphatic carbocycles. The number of anilines is 1. The third-order valence-corrected chi connectivity index (χ3v) is 3.36. The van der Waals surface area contributed by atoms with Gasteiger partial charge in [-0.2, -0.15) is 13.2 Å². The molecule has 7 heteroatoms. The molecule has 2 N–H and O–H groups in total. The lowest BCUT2D eigenvalue weighted by Crippen LogP contribution is -2.18. The Balaban J connectivity index is 1.77. The monoisotopic (exact) mass is 319 g/mol. The van der Waals surface area contributed by atoms with Crippen molar-refractivity contribution in [2.24, 2.45) is 0 Å². The molecule has 0 aliphatic rings. The quantitative estimate of drug-likeness (QED) is 0.772. The second-order valence-corrected chi connectivity index (χ2v) is 5.02. The SMILES string of the molecule is O=C(Cc1ccc2nc[nH]c2c1)Nc1ccccc1C(F)(F)F. The highest BCUT2D eigenvalue weighted by molar-refractivity contribution is 5.93. The maximum Gasteiger partial charge on any atom is 0.418 e. The number of para-hydroxylation sites is 1. The van der Waals surface area contributed by atoms with Crippen LogP contribution >= 0.6 is 0 Å². The van der Waals surface area contributed by atoms with Crippen LogP contribution in [0.5, 0.6) is 0 Å². The zero-order valence-corrected chi connectivity index (χ0v) is 11.8. The lowest BCUT2D eigenvalue weighted by atomic mass is 10.1. The summed E-state index contributed by atoms with van der Waals surface area (Å²) in [6.07, 6.45) is -3.01. The van der Waals surface area contributed by atoms with Gasteiger partial charge in [0.15, 0.2) is 0 Å². The van der Waals surface area contributed by atoms with E-state index in [4.69, 9.17) is 0 Å². The lowest BCUT2D eigenvalue weighted by Gasteiger charge is -2.13. The van der Waals surface area contributed by atoms with Gasteiger partial charge in [-0.3, -0.25) is 4.79 Å². The van der Waals surface area contributed by atoms with Crippen LogP contribution in [0.3, 0.4) is 0 Å². The van der Waals surface area contributed by atoms with E-state index in [-0.39, 0.29) is 12.1 Å². The largest absolute Gasteiger partial charge is 0.418 e. The van der Waals surface area contributed by atoms with Gasteiger partial charge in [0.05, 0.1) is 35.0 Å². The van der Waals surface area contributed by atoms with Crippen LogP contribution in [-0.4, -0.2) is 15.9 Å². The highest BCUT2D eigenvalue weighted by atomic mass is 19.4. The summed E-state index contributed by atoms with van der Waals surface area (Å²) in [5.74, 6) is -0.513. The summed E-state index contributed by atoms with van der Waals surface area (Å²) < 4.78 is 38.7. The number of imidazole rings is 1. The molecule has 0 unspecified atom stereocenters. The van der Waals surface area contributed by atoms with Crippen LogP contribution in [-0.2, 0) is 17.4 Å². The molecule has 1 heterocycles. The van der Waals surface area contributed by atoms with Gasteiger partial charge in [-0.15, -0.1) is 0 Å². The first-order chi connectivity index (χ1) is 10.9. The summed E-state index contributed by atoms with van der Waals surface area (Å²) in [5, 5.41) is 2.32. The average Bonchev–Trinajstić information content (AvgIpc) is 2.94. The second kappa shape index (κ2) is 5.75. The zero-order valence-electron chi connectivity index (χ0n) is 11.8. The van der Waals surface area contributed by atoms with E-state index in [1.165, 1.54) is 24.5 Å². The summed E-state index contributed by atoms with van der Waals surface area (Å²) in [7, 11) is 0. The van der Waals surface area contributed by atoms with Crippen molar-refractivity contribution in [1.29, 1.82) is 0 Å². The Kier molecular flexibility index (Phi) is 3.77. The van der Waals surface area contributed by atoms with Crippen molar-refractivity contribution in [3.8, 4) is 0 Å². The summed E-state index contributed by atoms with van der Waals surface area (Å²) in [5.41, 5.74) is 1.11. The van der Waals surface area contributed by atoms with Gasteiger partial charge in [0.1, 0.15) is 0 Å². The van der Waals surface area contributed by atoms with Crippen LogP contribution in [0, 0.1) is 0 Å². The number of fused-ring (bicyclic) bond motifs is 1. The topological polar surface area (TPSA) is 57.8 Å². The number of nitrogens with one attached hydrogen (secondary N) is 2. The molecular formula is C16H12F3N3O. The maximum atomic E-state index is 12.9. The first-order valence-electron chi connectivity index (χ1n) is 6.81. The fraction of sp³-hybridized carbons (Fsp3) is 0.125. The Hall–Kier alpha value is -2.83. The number of aromatic amines is 1. The number of hydrogen-bond donors (Lipinski definition) is 2. The van der Waals surface area contributed by atoms with E-state index in [0.29, 0.717) is 5.56 Å². The van der Waals surface area contributed by atoms with E-state index in [1.807, 2.05) is 0 Å². The van der Waals surface area contributed by atoms with E-state index in [0.717, 1.165) is 17.1 Å². The standard InChI is InChI=1S/C16H12F3N3O/c17-16(18,19)11-3-1-2-4-12(11)22-15(23)8-10-5-6-13-14(7-10)21-9-20-13/h1-7,9H,8H2,(H,20,21)(H,22,23). The van der Waals surface area contributed by atoms with Gasteiger partial charge >= 0.3 is 6.18 Å². The van der Waals surface area contributed by atoms with Crippen molar-refractivity contribution in [3.05, 3.63) is 59.9 Å². The predicted molar refractivity (Wildman–Crippen MR) is 79.9 cm³/mol. The van der Waals surface area contributed by atoms with Crippen LogP contribution in [0.25, 0.3) is 11.0 Å². The Morgan fingerprint density at radius 3 is 2.74 bits per heavy atom. The summed E-state index contributed by atoms with van der Waals surface area (Å²) in [6, 6.07) is 10.1. The second-order valence-electron chi connectivity index (χ2n) is 5.02. The first kappa shape index (κ1) is 15.1. The maximum absolute atomic E-state index is 12.9. The fourth-order valence-corrected chi connectivity index (χ4v) is 2.31. The number of carbonyl (C=O) groups is 1. The number of H-pyrrole nitrogens is 1. The number of rotatable bonds is 3. The molecule has 0 aliphatic heterocycles. The van der Waals surface area contributed by atoms with Crippen LogP contribution < -0.4 is 5.32 Å². The van der Waals surface area contributed by atoms with Gasteiger partial charge in [-0.05, 0) is 29.8 Å². The number of benzene rings is 2. The van der Waals surface area contributed by atoms with Crippen molar-refractivity contribution >= 4 is 22.6 Å². The number of hydrogen-bond acceptors (Lipinski definition) is 2. The molecule has 0 bridgehead atoms. The molecule has 0 fully saturated rings. The van der Waals surface area contributed by atoms with E-state index >= 15 is 0 Å². The summed E-state index contributed by atoms with van der Waals surface area (Å²) in [4.78, 5) is 19.0. The van der Waals surface area contributed by atoms with E-state index in [1.54, 1.807) is 18.2 Å². The van der Waals surface area contributed by atoms with E-state index in [9.17, 15) is 18.0 Å². The molecule has 0 saturated carbocycles. The Morgan fingerprint density at radius 1 is 1.17 bits per heavy atom. The number of halogens is 3. The Bertz CT molecular complexity index is 855. The molecule has 0 spiro atoms. The molecule has 3 aromatic rings. The third-order valence-electron chi connectivity index (χ3n) is 3.36. The van der Waals surface area contributed by atoms with Gasteiger partial charge in [0.2, 0.25) is 5.91 Å². The van der Waals surface area contributed by atoms with Gasteiger partial charge in [0, 0.05) is 0 Å². The summed E-state index contributed by atoms with van der Waals surface area (Å²) in [6.45, 7) is 0. The van der Waals surface area contributed by atoms with Crippen molar-refractivity contribution in [2.75, 3.05) is 5.32 Å². The average molecular weight is 319 g/mol.